The molecule has 1 atom stereocenters. The number of aromatic hydroxyl groups is 1. The monoisotopic (exact) mass is 534 g/mol. The highest BCUT2D eigenvalue weighted by Crippen LogP contribution is 2.44. The van der Waals surface area contributed by atoms with E-state index in [-0.39, 0.29) is 17.9 Å². The van der Waals surface area contributed by atoms with Crippen molar-refractivity contribution in [3.05, 3.63) is 63.3 Å². The first-order valence-electron chi connectivity index (χ1n) is 12.9. The zero-order valence-corrected chi connectivity index (χ0v) is 22.8. The predicted molar refractivity (Wildman–Crippen MR) is 144 cm³/mol. The van der Waals surface area contributed by atoms with Crippen LogP contribution in [0.2, 0.25) is 0 Å². The molecule has 0 bridgehead atoms. The van der Waals surface area contributed by atoms with Gasteiger partial charge in [-0.25, -0.2) is 4.79 Å². The molecule has 2 N–H and O–H groups in total. The predicted octanol–water partition coefficient (Wildman–Crippen LogP) is 7.52. The lowest BCUT2D eigenvalue weighted by molar-refractivity contribution is -0.140. The number of phenols is 1. The Labute approximate surface area is 223 Å². The van der Waals surface area contributed by atoms with Crippen LogP contribution in [0.25, 0.3) is 0 Å². The van der Waals surface area contributed by atoms with E-state index < -0.39 is 22.2 Å². The van der Waals surface area contributed by atoms with Crippen LogP contribution in [0.3, 0.4) is 0 Å². The molecule has 1 aliphatic carbocycles. The molecule has 1 heterocycles. The highest BCUT2D eigenvalue weighted by molar-refractivity contribution is 6.51. The minimum Gasteiger partial charge on any atom is -0.507 e. The Morgan fingerprint density at radius 3 is 2.56 bits per heavy atom. The minimum absolute atomic E-state index is 0.0258. The molecule has 0 radical (unpaired) electrons. The molecule has 1 aromatic rings. The van der Waals surface area contributed by atoms with Crippen molar-refractivity contribution in [2.75, 3.05) is 0 Å². The number of carbonyl (C=O) groups excluding carboxylic acids is 1. The zero-order chi connectivity index (χ0) is 26.5. The quantitative estimate of drug-likeness (QED) is 0.164. The fourth-order valence-corrected chi connectivity index (χ4v) is 5.72. The molecule has 3 rings (SSSR count). The summed E-state index contributed by atoms with van der Waals surface area (Å²) in [6.07, 6.45) is 14.8. The fraction of sp³-hybridized carbons (Fsp3) is 0.517. The topological polar surface area (TPSA) is 83.8 Å². The van der Waals surface area contributed by atoms with Gasteiger partial charge in [0.15, 0.2) is 4.33 Å². The number of esters is 1. The molecule has 0 spiro atoms. The Bertz CT molecular complexity index is 1100. The van der Waals surface area contributed by atoms with Gasteiger partial charge in [0, 0.05) is 11.1 Å². The van der Waals surface area contributed by atoms with Crippen LogP contribution in [0, 0.1) is 12.8 Å². The number of rotatable bonds is 12. The minimum atomic E-state index is -1.55. The van der Waals surface area contributed by atoms with E-state index in [4.69, 9.17) is 27.9 Å². The van der Waals surface area contributed by atoms with Gasteiger partial charge in [0.25, 0.3) is 0 Å². The second-order valence-electron chi connectivity index (χ2n) is 9.64. The van der Waals surface area contributed by atoms with Gasteiger partial charge in [0.05, 0.1) is 0 Å². The highest BCUT2D eigenvalue weighted by Gasteiger charge is 2.43. The Kier molecular flexibility index (Phi) is 9.71. The summed E-state index contributed by atoms with van der Waals surface area (Å²) in [5.41, 5.74) is 5.17. The maximum Gasteiger partial charge on any atom is 0.342 e. The molecular formula is C29H36Cl2O5. The molecule has 7 heteroatoms. The molecule has 0 saturated carbocycles. The molecule has 0 fully saturated rings. The van der Waals surface area contributed by atoms with Gasteiger partial charge < -0.3 is 14.9 Å². The van der Waals surface area contributed by atoms with E-state index in [1.165, 1.54) is 6.08 Å². The Balaban J connectivity index is 2.07. The second-order valence-corrected chi connectivity index (χ2v) is 11.1. The average Bonchev–Trinajstić information content (AvgIpc) is 3.21. The molecule has 5 nitrogen and oxygen atoms in total. The molecular weight excluding hydrogens is 499 g/mol. The number of phenolic OH excluding ortho intramolecular Hbond substituents is 1. The van der Waals surface area contributed by atoms with E-state index in [1.807, 2.05) is 13.0 Å². The van der Waals surface area contributed by atoms with Gasteiger partial charge in [-0.1, -0.05) is 81.0 Å². The number of ether oxygens (including phenoxy) is 1. The smallest absolute Gasteiger partial charge is 0.342 e. The van der Waals surface area contributed by atoms with Gasteiger partial charge in [-0.15, -0.1) is 0 Å². The number of benzene rings is 1. The van der Waals surface area contributed by atoms with Crippen LogP contribution in [0.5, 0.6) is 5.75 Å². The van der Waals surface area contributed by atoms with Crippen molar-refractivity contribution in [3.8, 4) is 5.75 Å². The van der Waals surface area contributed by atoms with Crippen LogP contribution in [-0.2, 0) is 29.0 Å². The van der Waals surface area contributed by atoms with Crippen molar-refractivity contribution in [2.45, 2.75) is 89.5 Å². The maximum absolute atomic E-state index is 12.4. The van der Waals surface area contributed by atoms with E-state index >= 15 is 0 Å². The van der Waals surface area contributed by atoms with Gasteiger partial charge in [-0.2, -0.15) is 0 Å². The number of carboxylic acid groups (broad SMARTS) is 1. The van der Waals surface area contributed by atoms with Crippen molar-refractivity contribution in [2.24, 2.45) is 5.92 Å². The number of hydrogen-bond donors (Lipinski definition) is 2. The summed E-state index contributed by atoms with van der Waals surface area (Å²) < 4.78 is 3.68. The number of halogens is 2. The van der Waals surface area contributed by atoms with Gasteiger partial charge in [0.1, 0.15) is 23.8 Å². The average molecular weight is 536 g/mol. The summed E-state index contributed by atoms with van der Waals surface area (Å²) in [5, 5.41) is 21.2. The van der Waals surface area contributed by atoms with Crippen LogP contribution >= 0.6 is 23.2 Å². The SMILES string of the molecule is CCCCCC/C(=C\Cc1c(O)c2c(c(C)c1CCCC)COC2=O)C1=CC=CC(Cl)(Cl)C1C(=O)O. The van der Waals surface area contributed by atoms with Crippen molar-refractivity contribution in [1.29, 1.82) is 0 Å². The molecule has 1 aromatic carbocycles. The first kappa shape index (κ1) is 28.3. The standard InChI is InChI=1S/C29H36Cl2O5/c1-4-6-8-9-11-19(21-13-10-16-29(30,31)25(21)27(33)34)14-15-22-20(12-7-5-2)18(3)23-17-36-28(35)24(23)26(22)32/h10,13-14,16,25,32H,4-9,11-12,15,17H2,1-3H3,(H,33,34)/b19-14+. The van der Waals surface area contributed by atoms with E-state index in [0.717, 1.165) is 67.2 Å². The summed E-state index contributed by atoms with van der Waals surface area (Å²) in [4.78, 5) is 24.6. The lowest BCUT2D eigenvalue weighted by Gasteiger charge is -2.30. The van der Waals surface area contributed by atoms with E-state index in [2.05, 4.69) is 13.8 Å². The van der Waals surface area contributed by atoms with Gasteiger partial charge in [-0.05, 0) is 67.4 Å². The Morgan fingerprint density at radius 2 is 1.89 bits per heavy atom. The van der Waals surface area contributed by atoms with Crippen LogP contribution < -0.4 is 0 Å². The molecule has 0 aromatic heterocycles. The zero-order valence-electron chi connectivity index (χ0n) is 21.3. The first-order valence-corrected chi connectivity index (χ1v) is 13.6. The number of carboxylic acids is 1. The Morgan fingerprint density at radius 1 is 1.17 bits per heavy atom. The third kappa shape index (κ3) is 6.00. The normalized spacial score (nSPS) is 18.7. The van der Waals surface area contributed by atoms with Crippen LogP contribution in [0.1, 0.15) is 91.4 Å². The summed E-state index contributed by atoms with van der Waals surface area (Å²) in [6.45, 7) is 6.42. The number of cyclic esters (lactones) is 1. The highest BCUT2D eigenvalue weighted by atomic mass is 35.5. The third-order valence-corrected chi connectivity index (χ3v) is 7.87. The van der Waals surface area contributed by atoms with Crippen LogP contribution in [-0.4, -0.2) is 26.5 Å². The van der Waals surface area contributed by atoms with E-state index in [0.29, 0.717) is 24.0 Å². The summed E-state index contributed by atoms with van der Waals surface area (Å²) in [7, 11) is 0. The number of aliphatic carboxylic acids is 1. The number of hydrogen-bond acceptors (Lipinski definition) is 4. The summed E-state index contributed by atoms with van der Waals surface area (Å²) in [5.74, 6) is -2.72. The van der Waals surface area contributed by atoms with Crippen molar-refractivity contribution < 1.29 is 24.5 Å². The Hall–Kier alpha value is -2.24. The molecule has 36 heavy (non-hydrogen) atoms. The number of alkyl halides is 2. The fourth-order valence-electron chi connectivity index (χ4n) is 5.16. The molecule has 196 valence electrons. The van der Waals surface area contributed by atoms with Crippen LogP contribution in [0.4, 0.5) is 0 Å². The molecule has 1 unspecified atom stereocenters. The number of unbranched alkanes of at least 4 members (excludes halogenated alkanes) is 4. The largest absolute Gasteiger partial charge is 0.507 e. The summed E-state index contributed by atoms with van der Waals surface area (Å²) >= 11 is 12.8. The number of carbonyl (C=O) groups is 2. The number of fused-ring (bicyclic) bond motifs is 1. The van der Waals surface area contributed by atoms with E-state index in [9.17, 15) is 19.8 Å². The van der Waals surface area contributed by atoms with E-state index in [1.54, 1.807) is 12.2 Å². The van der Waals surface area contributed by atoms with Crippen LogP contribution in [0.15, 0.2) is 35.5 Å². The summed E-state index contributed by atoms with van der Waals surface area (Å²) in [6, 6.07) is 0. The van der Waals surface area contributed by atoms with Gasteiger partial charge >= 0.3 is 11.9 Å². The van der Waals surface area contributed by atoms with Crippen molar-refractivity contribution in [3.63, 3.8) is 0 Å². The molecule has 0 amide bonds. The third-order valence-electron chi connectivity index (χ3n) is 7.19. The molecule has 2 aliphatic rings. The van der Waals surface area contributed by atoms with Gasteiger partial charge in [-0.3, -0.25) is 4.79 Å². The molecule has 1 aliphatic heterocycles. The first-order chi connectivity index (χ1) is 17.1. The van der Waals surface area contributed by atoms with Crippen molar-refractivity contribution >= 4 is 35.1 Å². The number of allylic oxidation sites excluding steroid dienone is 5. The maximum atomic E-state index is 12.4. The lowest BCUT2D eigenvalue weighted by atomic mass is 9.82. The lowest BCUT2D eigenvalue weighted by Crippen LogP contribution is -2.34. The molecule has 0 saturated heterocycles. The van der Waals surface area contributed by atoms with Crippen molar-refractivity contribution in [1.82, 2.24) is 0 Å². The van der Waals surface area contributed by atoms with Gasteiger partial charge in [0.2, 0.25) is 0 Å². The second kappa shape index (κ2) is 12.3.